The van der Waals surface area contributed by atoms with Crippen LogP contribution in [0, 0.1) is 0 Å². The smallest absolute Gasteiger partial charge is 0.414 e. The Labute approximate surface area is 115 Å². The highest BCUT2D eigenvalue weighted by molar-refractivity contribution is 5.94. The van der Waals surface area contributed by atoms with Crippen LogP contribution in [-0.4, -0.2) is 24.2 Å². The van der Waals surface area contributed by atoms with Gasteiger partial charge in [-0.05, 0) is 5.56 Å². The quantitative estimate of drug-likeness (QED) is 0.227. The number of benzene rings is 1. The van der Waals surface area contributed by atoms with Gasteiger partial charge in [-0.1, -0.05) is 30.3 Å². The number of guanidine groups is 1. The summed E-state index contributed by atoms with van der Waals surface area (Å²) in [6.45, 7) is 0.0808. The van der Waals surface area contributed by atoms with E-state index in [9.17, 15) is 14.4 Å². The summed E-state index contributed by atoms with van der Waals surface area (Å²) in [5.74, 6) is -0.982. The third kappa shape index (κ3) is 6.15. The number of nitrogens with two attached hydrogens (primary N) is 1. The minimum atomic E-state index is -0.806. The molecule has 1 rings (SSSR count). The number of carbonyl (C=O) groups excluding carboxylic acids is 3. The van der Waals surface area contributed by atoms with Gasteiger partial charge in [0.15, 0.2) is 0 Å². The van der Waals surface area contributed by atoms with Crippen LogP contribution in [0.15, 0.2) is 35.4 Å². The van der Waals surface area contributed by atoms with Crippen molar-refractivity contribution in [2.75, 3.05) is 0 Å². The van der Waals surface area contributed by atoms with Crippen molar-refractivity contribution in [2.45, 2.75) is 13.0 Å². The molecule has 0 spiro atoms. The van der Waals surface area contributed by atoms with Gasteiger partial charge in [0.2, 0.25) is 11.9 Å². The molecule has 0 saturated heterocycles. The van der Waals surface area contributed by atoms with E-state index in [1.807, 2.05) is 23.6 Å². The molecular formula is C12H14N4O4. The Morgan fingerprint density at radius 3 is 2.65 bits per heavy atom. The van der Waals surface area contributed by atoms with Crippen LogP contribution in [0.3, 0.4) is 0 Å². The molecule has 1 aromatic carbocycles. The summed E-state index contributed by atoms with van der Waals surface area (Å²) in [5, 5.41) is 5.47. The van der Waals surface area contributed by atoms with Gasteiger partial charge in [0.05, 0.1) is 6.42 Å². The van der Waals surface area contributed by atoms with E-state index < -0.39 is 12.0 Å². The monoisotopic (exact) mass is 278 g/mol. The van der Waals surface area contributed by atoms with Crippen LogP contribution in [-0.2, 0) is 20.9 Å². The van der Waals surface area contributed by atoms with Crippen molar-refractivity contribution in [3.8, 4) is 0 Å². The number of hydrogen-bond donors (Lipinski definition) is 3. The highest BCUT2D eigenvalue weighted by Crippen LogP contribution is 2.00. The maximum atomic E-state index is 11.3. The first-order chi connectivity index (χ1) is 9.61. The third-order valence-electron chi connectivity index (χ3n) is 2.01. The lowest BCUT2D eigenvalue weighted by molar-refractivity contribution is -0.123. The van der Waals surface area contributed by atoms with Crippen molar-refractivity contribution in [1.29, 1.82) is 0 Å². The summed E-state index contributed by atoms with van der Waals surface area (Å²) in [7, 11) is 0. The van der Waals surface area contributed by atoms with Gasteiger partial charge in [-0.15, -0.1) is 5.10 Å². The molecule has 4 N–H and O–H groups in total. The zero-order valence-corrected chi connectivity index (χ0v) is 10.5. The molecule has 0 aromatic heterocycles. The predicted octanol–water partition coefficient (Wildman–Crippen LogP) is -0.152. The van der Waals surface area contributed by atoms with Gasteiger partial charge in [-0.2, -0.15) is 0 Å². The number of hydrazone groups is 1. The molecule has 2 amide bonds. The molecular weight excluding hydrogens is 264 g/mol. The highest BCUT2D eigenvalue weighted by atomic mass is 16.5. The molecule has 20 heavy (non-hydrogen) atoms. The van der Waals surface area contributed by atoms with Crippen molar-refractivity contribution in [3.63, 3.8) is 0 Å². The number of rotatable bonds is 5. The summed E-state index contributed by atoms with van der Waals surface area (Å²) in [6.07, 6.45) is -0.725. The van der Waals surface area contributed by atoms with Crippen LogP contribution < -0.4 is 16.5 Å². The SMILES string of the molecule is N/C(=N\NC(=O)CC=O)NC(=O)OCc1ccccc1. The molecule has 8 nitrogen and oxygen atoms in total. The summed E-state index contributed by atoms with van der Waals surface area (Å²) < 4.78 is 4.87. The summed E-state index contributed by atoms with van der Waals surface area (Å²) in [5.41, 5.74) is 8.13. The first-order valence-corrected chi connectivity index (χ1v) is 5.65. The number of ether oxygens (including phenoxy) is 1. The van der Waals surface area contributed by atoms with Gasteiger partial charge in [-0.3, -0.25) is 10.1 Å². The van der Waals surface area contributed by atoms with Gasteiger partial charge >= 0.3 is 6.09 Å². The molecule has 0 saturated carbocycles. The molecule has 8 heteroatoms. The van der Waals surface area contributed by atoms with Gasteiger partial charge in [0.1, 0.15) is 12.9 Å². The molecule has 0 heterocycles. The Morgan fingerprint density at radius 2 is 2.00 bits per heavy atom. The van der Waals surface area contributed by atoms with Crippen LogP contribution in [0.1, 0.15) is 12.0 Å². The molecule has 0 aliphatic carbocycles. The maximum Gasteiger partial charge on any atom is 0.414 e. The number of aldehydes is 1. The largest absolute Gasteiger partial charge is 0.444 e. The van der Waals surface area contributed by atoms with E-state index in [0.29, 0.717) is 6.29 Å². The summed E-state index contributed by atoms with van der Waals surface area (Å²) in [6, 6.07) is 9.06. The van der Waals surface area contributed by atoms with Gasteiger partial charge in [0, 0.05) is 0 Å². The van der Waals surface area contributed by atoms with Crippen LogP contribution in [0.5, 0.6) is 0 Å². The second-order valence-electron chi connectivity index (χ2n) is 3.59. The predicted molar refractivity (Wildman–Crippen MR) is 70.2 cm³/mol. The Hall–Kier alpha value is -2.90. The van der Waals surface area contributed by atoms with E-state index in [0.717, 1.165) is 5.56 Å². The van der Waals surface area contributed by atoms with Crippen LogP contribution in [0.2, 0.25) is 0 Å². The lowest BCUT2D eigenvalue weighted by Gasteiger charge is -2.06. The second kappa shape index (κ2) is 8.25. The lowest BCUT2D eigenvalue weighted by Crippen LogP contribution is -2.39. The third-order valence-corrected chi connectivity index (χ3v) is 2.01. The van der Waals surface area contributed by atoms with Gasteiger partial charge in [0.25, 0.3) is 0 Å². The normalized spacial score (nSPS) is 10.5. The van der Waals surface area contributed by atoms with Crippen molar-refractivity contribution in [2.24, 2.45) is 10.8 Å². The molecule has 0 fully saturated rings. The fourth-order valence-electron chi connectivity index (χ4n) is 1.14. The highest BCUT2D eigenvalue weighted by Gasteiger charge is 2.05. The Bertz CT molecular complexity index is 501. The van der Waals surface area contributed by atoms with Crippen molar-refractivity contribution < 1.29 is 19.1 Å². The number of nitrogens with one attached hydrogen (secondary N) is 2. The van der Waals surface area contributed by atoms with Gasteiger partial charge in [-0.25, -0.2) is 10.2 Å². The fourth-order valence-corrected chi connectivity index (χ4v) is 1.14. The summed E-state index contributed by atoms with van der Waals surface area (Å²) in [4.78, 5) is 32.3. The number of hydrogen-bond acceptors (Lipinski definition) is 5. The van der Waals surface area contributed by atoms with Crippen LogP contribution >= 0.6 is 0 Å². The molecule has 0 radical (unpaired) electrons. The van der Waals surface area contributed by atoms with Crippen molar-refractivity contribution in [3.05, 3.63) is 35.9 Å². The topological polar surface area (TPSA) is 123 Å². The maximum absolute atomic E-state index is 11.3. The Morgan fingerprint density at radius 1 is 1.30 bits per heavy atom. The minimum Gasteiger partial charge on any atom is -0.444 e. The van der Waals surface area contributed by atoms with E-state index in [4.69, 9.17) is 10.5 Å². The zero-order valence-electron chi connectivity index (χ0n) is 10.5. The minimum absolute atomic E-state index is 0.0808. The molecule has 0 unspecified atom stereocenters. The van der Waals surface area contributed by atoms with Crippen LogP contribution in [0.4, 0.5) is 4.79 Å². The van der Waals surface area contributed by atoms with Gasteiger partial charge < -0.3 is 15.3 Å². The van der Waals surface area contributed by atoms with E-state index in [1.54, 1.807) is 12.1 Å². The first-order valence-electron chi connectivity index (χ1n) is 5.65. The molecule has 0 bridgehead atoms. The fraction of sp³-hybridized carbons (Fsp3) is 0.167. The van der Waals surface area contributed by atoms with E-state index in [-0.39, 0.29) is 19.0 Å². The number of carbonyl (C=O) groups is 3. The summed E-state index contributed by atoms with van der Waals surface area (Å²) >= 11 is 0. The average molecular weight is 278 g/mol. The Kier molecular flexibility index (Phi) is 6.25. The van der Waals surface area contributed by atoms with E-state index in [2.05, 4.69) is 10.4 Å². The van der Waals surface area contributed by atoms with E-state index >= 15 is 0 Å². The number of alkyl carbamates (subject to hydrolysis) is 1. The lowest BCUT2D eigenvalue weighted by atomic mass is 10.2. The molecule has 0 atom stereocenters. The molecule has 106 valence electrons. The first kappa shape index (κ1) is 15.2. The van der Waals surface area contributed by atoms with Crippen LogP contribution in [0.25, 0.3) is 0 Å². The standard InChI is InChI=1S/C12H14N4O4/c13-11(16-15-10(18)6-7-17)14-12(19)20-8-9-4-2-1-3-5-9/h1-5,7H,6,8H2,(H,15,18)(H3,13,14,16,19). The number of amides is 2. The average Bonchev–Trinajstić information content (AvgIpc) is 2.44. The molecule has 0 aliphatic rings. The van der Waals surface area contributed by atoms with Crippen molar-refractivity contribution >= 4 is 24.2 Å². The molecule has 0 aliphatic heterocycles. The zero-order chi connectivity index (χ0) is 14.8. The van der Waals surface area contributed by atoms with E-state index in [1.165, 1.54) is 0 Å². The van der Waals surface area contributed by atoms with Crippen molar-refractivity contribution in [1.82, 2.24) is 10.7 Å². The second-order valence-corrected chi connectivity index (χ2v) is 3.59. The molecule has 1 aromatic rings. The number of nitrogens with zero attached hydrogens (tertiary/aromatic N) is 1. The Balaban J connectivity index is 2.32.